The second-order valence-electron chi connectivity index (χ2n) is 14.3. The molecule has 0 aromatic heterocycles. The topological polar surface area (TPSA) is 29.5 Å². The van der Waals surface area contributed by atoms with E-state index in [2.05, 4.69) is 60.1 Å². The number of aliphatic hydroxyl groups excluding tert-OH is 1. The van der Waals surface area contributed by atoms with Crippen LogP contribution in [0.1, 0.15) is 85.0 Å². The average molecular weight is 519 g/mol. The molecule has 0 radical (unpaired) electrons. The first-order valence-electron chi connectivity index (χ1n) is 14.9. The highest BCUT2D eigenvalue weighted by Gasteiger charge is 2.62. The molecule has 1 N–H and O–H groups in total. The SMILES string of the molecule is C=CC[Si](C)(C)O[Si](C)(C)CC=C.CC[C@H]1CC[C@H]2[C@@H]3CC[C@H]4CCCC[C@]4(C)[C@H]3C[C@@H](O)[C@]12C. The third kappa shape index (κ3) is 5.96. The molecule has 2 nitrogen and oxygen atoms in total. The van der Waals surface area contributed by atoms with Gasteiger partial charge in [0.25, 0.3) is 0 Å². The lowest BCUT2D eigenvalue weighted by atomic mass is 9.44. The zero-order valence-electron chi connectivity index (χ0n) is 24.4. The summed E-state index contributed by atoms with van der Waals surface area (Å²) < 4.78 is 6.24. The Kier molecular flexibility index (Phi) is 9.48. The molecule has 0 aromatic carbocycles. The van der Waals surface area contributed by atoms with Gasteiger partial charge in [-0.15, -0.1) is 13.2 Å². The van der Waals surface area contributed by atoms with Gasteiger partial charge in [0.1, 0.15) is 0 Å². The Bertz CT molecular complexity index is 713. The smallest absolute Gasteiger partial charge is 0.177 e. The quantitative estimate of drug-likeness (QED) is 0.269. The molecule has 4 aliphatic rings. The third-order valence-electron chi connectivity index (χ3n) is 11.2. The first kappa shape index (κ1) is 29.4. The molecule has 0 aliphatic heterocycles. The fourth-order valence-corrected chi connectivity index (χ4v) is 17.6. The molecular formula is C31H58O2Si2. The predicted molar refractivity (Wildman–Crippen MR) is 158 cm³/mol. The van der Waals surface area contributed by atoms with Gasteiger partial charge < -0.3 is 9.22 Å². The minimum atomic E-state index is -1.48. The van der Waals surface area contributed by atoms with Crippen LogP contribution in [-0.4, -0.2) is 27.8 Å². The summed E-state index contributed by atoms with van der Waals surface area (Å²) in [7, 11) is -2.96. The Morgan fingerprint density at radius 2 is 1.51 bits per heavy atom. The van der Waals surface area contributed by atoms with Crippen LogP contribution in [0.5, 0.6) is 0 Å². The van der Waals surface area contributed by atoms with Crippen LogP contribution in [0.3, 0.4) is 0 Å². The predicted octanol–water partition coefficient (Wildman–Crippen LogP) is 9.20. The van der Waals surface area contributed by atoms with Crippen molar-refractivity contribution in [2.75, 3.05) is 0 Å². The van der Waals surface area contributed by atoms with Gasteiger partial charge in [-0.25, -0.2) is 0 Å². The van der Waals surface area contributed by atoms with Crippen molar-refractivity contribution in [2.24, 2.45) is 40.4 Å². The number of allylic oxidation sites excluding steroid dienone is 2. The number of hydrogen-bond donors (Lipinski definition) is 1. The fraction of sp³-hybridized carbons (Fsp3) is 0.871. The molecule has 202 valence electrons. The van der Waals surface area contributed by atoms with E-state index in [0.717, 1.165) is 48.1 Å². The Morgan fingerprint density at radius 1 is 0.886 bits per heavy atom. The Hall–Kier alpha value is -0.166. The van der Waals surface area contributed by atoms with Gasteiger partial charge in [0.05, 0.1) is 6.10 Å². The third-order valence-corrected chi connectivity index (χ3v) is 18.2. The van der Waals surface area contributed by atoms with E-state index in [4.69, 9.17) is 4.12 Å². The molecule has 4 fully saturated rings. The van der Waals surface area contributed by atoms with E-state index in [0.29, 0.717) is 5.41 Å². The van der Waals surface area contributed by atoms with Gasteiger partial charge in [-0.1, -0.05) is 52.2 Å². The van der Waals surface area contributed by atoms with Crippen molar-refractivity contribution in [2.45, 2.75) is 129 Å². The second kappa shape index (κ2) is 11.3. The van der Waals surface area contributed by atoms with Crippen LogP contribution in [0.15, 0.2) is 25.3 Å². The van der Waals surface area contributed by atoms with Crippen LogP contribution in [-0.2, 0) is 4.12 Å². The maximum atomic E-state index is 11.2. The summed E-state index contributed by atoms with van der Waals surface area (Å²) in [6.45, 7) is 24.0. The van der Waals surface area contributed by atoms with Crippen LogP contribution >= 0.6 is 0 Å². The van der Waals surface area contributed by atoms with Crippen LogP contribution in [0.4, 0.5) is 0 Å². The number of rotatable bonds is 7. The summed E-state index contributed by atoms with van der Waals surface area (Å²) in [6, 6.07) is 2.08. The maximum Gasteiger partial charge on any atom is 0.177 e. The first-order chi connectivity index (χ1) is 16.3. The van der Waals surface area contributed by atoms with Crippen molar-refractivity contribution >= 4 is 16.6 Å². The highest BCUT2D eigenvalue weighted by Crippen LogP contribution is 2.67. The van der Waals surface area contributed by atoms with Gasteiger partial charge in [-0.05, 0) is 124 Å². The highest BCUT2D eigenvalue weighted by atomic mass is 28.4. The molecule has 0 spiro atoms. The Balaban J connectivity index is 0.000000228. The van der Waals surface area contributed by atoms with Crippen LogP contribution in [0, 0.1) is 40.4 Å². The summed E-state index contributed by atoms with van der Waals surface area (Å²) in [4.78, 5) is 0. The molecule has 0 amide bonds. The van der Waals surface area contributed by atoms with E-state index in [1.807, 2.05) is 12.2 Å². The lowest BCUT2D eigenvalue weighted by molar-refractivity contribution is -0.163. The molecule has 4 aliphatic carbocycles. The molecule has 4 saturated carbocycles. The van der Waals surface area contributed by atoms with E-state index in [1.165, 1.54) is 57.8 Å². The number of fused-ring (bicyclic) bond motifs is 5. The normalized spacial score (nSPS) is 41.0. The largest absolute Gasteiger partial charge is 0.455 e. The van der Waals surface area contributed by atoms with E-state index in [-0.39, 0.29) is 11.5 Å². The molecule has 0 aromatic rings. The molecule has 0 heterocycles. The van der Waals surface area contributed by atoms with Crippen LogP contribution < -0.4 is 0 Å². The lowest BCUT2D eigenvalue weighted by Gasteiger charge is -2.61. The monoisotopic (exact) mass is 518 g/mol. The van der Waals surface area contributed by atoms with E-state index in [1.54, 1.807) is 0 Å². The van der Waals surface area contributed by atoms with Crippen LogP contribution in [0.2, 0.25) is 38.3 Å². The molecule has 8 atom stereocenters. The van der Waals surface area contributed by atoms with E-state index < -0.39 is 16.6 Å². The van der Waals surface area contributed by atoms with Crippen molar-refractivity contribution < 1.29 is 9.22 Å². The van der Waals surface area contributed by atoms with Gasteiger partial charge in [0.15, 0.2) is 16.6 Å². The second-order valence-corrected chi connectivity index (χ2v) is 23.0. The Labute approximate surface area is 220 Å². The van der Waals surface area contributed by atoms with Crippen molar-refractivity contribution in [3.63, 3.8) is 0 Å². The minimum Gasteiger partial charge on any atom is -0.455 e. The zero-order valence-corrected chi connectivity index (χ0v) is 26.4. The highest BCUT2D eigenvalue weighted by molar-refractivity contribution is 6.85. The number of aliphatic hydroxyl groups is 1. The number of hydrogen-bond acceptors (Lipinski definition) is 2. The first-order valence-corrected chi connectivity index (χ1v) is 21.2. The molecule has 0 unspecified atom stereocenters. The average Bonchev–Trinajstić information content (AvgIpc) is 3.11. The maximum absolute atomic E-state index is 11.2. The van der Waals surface area contributed by atoms with E-state index >= 15 is 0 Å². The van der Waals surface area contributed by atoms with Crippen LogP contribution in [0.25, 0.3) is 0 Å². The summed E-state index contributed by atoms with van der Waals surface area (Å²) >= 11 is 0. The lowest BCUT2D eigenvalue weighted by Crippen LogP contribution is -2.57. The van der Waals surface area contributed by atoms with Crippen molar-refractivity contribution in [3.05, 3.63) is 25.3 Å². The molecule has 0 saturated heterocycles. The van der Waals surface area contributed by atoms with Crippen molar-refractivity contribution in [1.29, 1.82) is 0 Å². The zero-order chi connectivity index (χ0) is 26.1. The summed E-state index contributed by atoms with van der Waals surface area (Å²) in [5.41, 5.74) is 0.779. The van der Waals surface area contributed by atoms with E-state index in [9.17, 15) is 5.11 Å². The fourth-order valence-electron chi connectivity index (χ4n) is 9.57. The standard InChI is InChI=1S/C21H36O.C10H22OSi2/c1-4-14-9-11-17-16-10-8-15-7-5-6-12-20(15,2)18(16)13-19(22)21(14,17)3;1-7-9-12(3,4)11-13(5,6)10-8-2/h14-19,22H,4-13H2,1-3H3;7-8H,1-2,9-10H2,3-6H3/t14-,15+,16-,17-,18-,19+,20-,21+;/m0./s1. The molecule has 4 rings (SSSR count). The summed E-state index contributed by atoms with van der Waals surface area (Å²) in [6.07, 6.45) is 17.8. The van der Waals surface area contributed by atoms with Gasteiger partial charge >= 0.3 is 0 Å². The van der Waals surface area contributed by atoms with Gasteiger partial charge in [-0.2, -0.15) is 0 Å². The van der Waals surface area contributed by atoms with Gasteiger partial charge in [0, 0.05) is 0 Å². The molecule has 0 bridgehead atoms. The van der Waals surface area contributed by atoms with Gasteiger partial charge in [0.2, 0.25) is 0 Å². The summed E-state index contributed by atoms with van der Waals surface area (Å²) in [5, 5.41) is 11.2. The molecular weight excluding hydrogens is 461 g/mol. The minimum absolute atomic E-state index is 0.0382. The molecule has 35 heavy (non-hydrogen) atoms. The van der Waals surface area contributed by atoms with Crippen molar-refractivity contribution in [1.82, 2.24) is 0 Å². The summed E-state index contributed by atoms with van der Waals surface area (Å²) in [5.74, 6) is 4.28. The Morgan fingerprint density at radius 3 is 2.09 bits per heavy atom. The molecule has 4 heteroatoms. The van der Waals surface area contributed by atoms with Crippen molar-refractivity contribution in [3.8, 4) is 0 Å². The van der Waals surface area contributed by atoms with Gasteiger partial charge in [-0.3, -0.25) is 0 Å².